The predicted octanol–water partition coefficient (Wildman–Crippen LogP) is 9.92. The Bertz CT molecular complexity index is 1780. The minimum atomic E-state index is -1.20. The Labute approximate surface area is 263 Å². The molecule has 2 atom stereocenters. The van der Waals surface area contributed by atoms with Crippen molar-refractivity contribution >= 4 is 59.5 Å². The molecule has 4 nitrogen and oxygen atoms in total. The molecule has 0 bridgehead atoms. The highest BCUT2D eigenvalue weighted by atomic mass is 32.2. The molecular weight excluding hydrogens is 561 g/mol. The lowest BCUT2D eigenvalue weighted by Gasteiger charge is -2.27. The molecule has 44 heavy (non-hydrogen) atoms. The van der Waals surface area contributed by atoms with Crippen LogP contribution in [0.4, 0.5) is 11.4 Å². The number of carbonyl (C=O) groups is 1. The molecule has 2 aliphatic rings. The fraction of sp³-hybridized carbons (Fsp3) is 0.179. The zero-order valence-corrected chi connectivity index (χ0v) is 25.5. The van der Waals surface area contributed by atoms with E-state index in [1.54, 1.807) is 6.07 Å². The van der Waals surface area contributed by atoms with Crippen LogP contribution in [0, 0.1) is 11.3 Å². The number of nitrogens with zero attached hydrogens (tertiary/aromatic N) is 2. The Hall–Kier alpha value is -4.79. The number of carboxylic acids is 1. The van der Waals surface area contributed by atoms with Crippen molar-refractivity contribution in [3.8, 4) is 6.07 Å². The van der Waals surface area contributed by atoms with Gasteiger partial charge in [0.2, 0.25) is 0 Å². The van der Waals surface area contributed by atoms with Crippen LogP contribution in [-0.4, -0.2) is 22.9 Å². The van der Waals surface area contributed by atoms with Gasteiger partial charge in [0.25, 0.3) is 0 Å². The van der Waals surface area contributed by atoms with Gasteiger partial charge in [0, 0.05) is 28.2 Å². The second-order valence-electron chi connectivity index (χ2n) is 11.2. The van der Waals surface area contributed by atoms with Gasteiger partial charge in [-0.3, -0.25) is 0 Å². The molecule has 1 aliphatic heterocycles. The molecule has 0 radical (unpaired) electrons. The molecule has 0 amide bonds. The van der Waals surface area contributed by atoms with Crippen LogP contribution in [0.25, 0.3) is 30.4 Å². The number of aliphatic carboxylic acids is 1. The summed E-state index contributed by atoms with van der Waals surface area (Å²) < 4.78 is 0. The summed E-state index contributed by atoms with van der Waals surface area (Å²) in [5.41, 5.74) is 8.77. The molecule has 2 unspecified atom stereocenters. The van der Waals surface area contributed by atoms with E-state index in [4.69, 9.17) is 0 Å². The Balaban J connectivity index is 1.14. The molecule has 0 aromatic heterocycles. The van der Waals surface area contributed by atoms with Crippen LogP contribution >= 0.6 is 11.8 Å². The number of hydrogen-bond acceptors (Lipinski definition) is 4. The summed E-state index contributed by atoms with van der Waals surface area (Å²) in [4.78, 5) is 15.1. The molecule has 1 aliphatic carbocycles. The fourth-order valence-corrected chi connectivity index (χ4v) is 6.96. The van der Waals surface area contributed by atoms with Crippen LogP contribution in [-0.2, 0) is 4.79 Å². The summed E-state index contributed by atoms with van der Waals surface area (Å²) in [6.07, 6.45) is 13.5. The van der Waals surface area contributed by atoms with Gasteiger partial charge in [-0.15, -0.1) is 11.8 Å². The van der Waals surface area contributed by atoms with Crippen molar-refractivity contribution in [1.82, 2.24) is 0 Å². The van der Waals surface area contributed by atoms with Gasteiger partial charge in [-0.2, -0.15) is 5.26 Å². The number of anilines is 2. The van der Waals surface area contributed by atoms with E-state index in [9.17, 15) is 15.2 Å². The van der Waals surface area contributed by atoms with Crippen LogP contribution in [0.5, 0.6) is 0 Å². The molecule has 0 saturated heterocycles. The minimum absolute atomic E-state index is 0.248. The molecular formula is C39H34N2O2S. The summed E-state index contributed by atoms with van der Waals surface area (Å²) in [5.74, 6) is 0.300. The van der Waals surface area contributed by atoms with Gasteiger partial charge in [-0.1, -0.05) is 92.2 Å². The van der Waals surface area contributed by atoms with Crippen molar-refractivity contribution in [2.24, 2.45) is 0 Å². The second kappa shape index (κ2) is 13.2. The molecule has 0 spiro atoms. The predicted molar refractivity (Wildman–Crippen MR) is 184 cm³/mol. The van der Waals surface area contributed by atoms with E-state index >= 15 is 0 Å². The van der Waals surface area contributed by atoms with E-state index in [2.05, 4.69) is 121 Å². The lowest BCUT2D eigenvalue weighted by atomic mass is 9.95. The van der Waals surface area contributed by atoms with Crippen LogP contribution < -0.4 is 4.90 Å². The van der Waals surface area contributed by atoms with Gasteiger partial charge in [0.1, 0.15) is 11.6 Å². The first-order chi connectivity index (χ1) is 21.5. The number of carboxylic acid groups (broad SMARTS) is 1. The van der Waals surface area contributed by atoms with Gasteiger partial charge >= 0.3 is 5.97 Å². The highest BCUT2D eigenvalue weighted by molar-refractivity contribution is 7.99. The van der Waals surface area contributed by atoms with Crippen molar-refractivity contribution < 1.29 is 9.90 Å². The first-order valence-electron chi connectivity index (χ1n) is 15.1. The van der Waals surface area contributed by atoms with Crippen LogP contribution in [0.3, 0.4) is 0 Å². The number of nitriles is 1. The van der Waals surface area contributed by atoms with E-state index in [1.165, 1.54) is 45.5 Å². The lowest BCUT2D eigenvalue weighted by Crippen LogP contribution is -2.26. The zero-order valence-electron chi connectivity index (χ0n) is 24.7. The van der Waals surface area contributed by atoms with Crippen LogP contribution in [0.1, 0.15) is 65.5 Å². The van der Waals surface area contributed by atoms with Crippen LogP contribution in [0.15, 0.2) is 101 Å². The monoisotopic (exact) mass is 594 g/mol. The lowest BCUT2D eigenvalue weighted by molar-refractivity contribution is -0.132. The first kappa shape index (κ1) is 29.3. The van der Waals surface area contributed by atoms with Gasteiger partial charge in [-0.05, 0) is 94.4 Å². The number of fused-ring (bicyclic) bond motifs is 3. The normalized spacial score (nSPS) is 17.6. The number of thioether (sulfide) groups is 1. The van der Waals surface area contributed by atoms with Crippen molar-refractivity contribution in [1.29, 1.82) is 5.26 Å². The summed E-state index contributed by atoms with van der Waals surface area (Å²) in [5, 5.41) is 18.5. The molecule has 6 rings (SSSR count). The Kier molecular flexibility index (Phi) is 8.81. The molecule has 1 saturated carbocycles. The summed E-state index contributed by atoms with van der Waals surface area (Å²) in [7, 11) is 0. The van der Waals surface area contributed by atoms with E-state index in [1.807, 2.05) is 17.8 Å². The average Bonchev–Trinajstić information content (AvgIpc) is 3.64. The molecule has 218 valence electrons. The maximum atomic E-state index is 11.3. The highest BCUT2D eigenvalue weighted by Gasteiger charge is 2.42. The van der Waals surface area contributed by atoms with Crippen molar-refractivity contribution in [2.75, 3.05) is 10.7 Å². The highest BCUT2D eigenvalue weighted by Crippen LogP contribution is 2.52. The quantitative estimate of drug-likeness (QED) is 0.0904. The maximum Gasteiger partial charge on any atom is 0.346 e. The minimum Gasteiger partial charge on any atom is -0.477 e. The number of hydrogen-bond donors (Lipinski definition) is 1. The van der Waals surface area contributed by atoms with E-state index in [0.29, 0.717) is 12.0 Å². The van der Waals surface area contributed by atoms with E-state index < -0.39 is 5.97 Å². The maximum absolute atomic E-state index is 11.3. The summed E-state index contributed by atoms with van der Waals surface area (Å²) in [6, 6.07) is 34.2. The van der Waals surface area contributed by atoms with Gasteiger partial charge in [-0.25, -0.2) is 4.79 Å². The smallest absolute Gasteiger partial charge is 0.346 e. The van der Waals surface area contributed by atoms with Crippen molar-refractivity contribution in [3.05, 3.63) is 130 Å². The Morgan fingerprint density at radius 2 is 1.39 bits per heavy atom. The van der Waals surface area contributed by atoms with Crippen molar-refractivity contribution in [2.45, 2.75) is 43.0 Å². The third-order valence-electron chi connectivity index (χ3n) is 8.42. The topological polar surface area (TPSA) is 64.3 Å². The van der Waals surface area contributed by atoms with Gasteiger partial charge < -0.3 is 10.0 Å². The molecule has 1 N–H and O–H groups in total. The third kappa shape index (κ3) is 6.41. The van der Waals surface area contributed by atoms with Crippen LogP contribution in [0.2, 0.25) is 0 Å². The molecule has 4 aromatic rings. The SMILES string of the molecule is CCSc1ccc(C=Cc2ccc(C=Cc3ccc(N4c5ccc(/C=C(\C#N)C(=O)O)cc5C5CCCC54)cc3)cc2)cc1. The standard InChI is InChI=1S/C39H34N2O2S/c1-2-44-34-21-16-30(17-22-34)13-11-28-8-6-27(7-9-28)10-12-29-14-19-33(20-15-29)41-37-5-3-4-35(37)36-25-31(18-23-38(36)41)24-32(26-40)39(42)43/h6-25,35,37H,2-5H2,1H3,(H,42,43)/b12-10?,13-11?,32-24+. The van der Waals surface area contributed by atoms with E-state index in [-0.39, 0.29) is 5.57 Å². The average molecular weight is 595 g/mol. The summed E-state index contributed by atoms with van der Waals surface area (Å²) in [6.45, 7) is 2.17. The van der Waals surface area contributed by atoms with E-state index in [0.717, 1.165) is 35.3 Å². The second-order valence-corrected chi connectivity index (χ2v) is 12.5. The summed E-state index contributed by atoms with van der Waals surface area (Å²) >= 11 is 1.86. The fourth-order valence-electron chi connectivity index (χ4n) is 6.30. The molecule has 1 heterocycles. The zero-order chi connectivity index (χ0) is 30.5. The molecule has 1 fully saturated rings. The number of rotatable bonds is 9. The first-order valence-corrected chi connectivity index (χ1v) is 16.1. The van der Waals surface area contributed by atoms with Gasteiger partial charge in [0.05, 0.1) is 0 Å². The van der Waals surface area contributed by atoms with Crippen molar-refractivity contribution in [3.63, 3.8) is 0 Å². The molecule has 4 aromatic carbocycles. The Morgan fingerprint density at radius 3 is 1.93 bits per heavy atom. The molecule has 5 heteroatoms. The Morgan fingerprint density at radius 1 is 0.841 bits per heavy atom. The third-order valence-corrected chi connectivity index (χ3v) is 9.31. The number of benzene rings is 4. The van der Waals surface area contributed by atoms with Gasteiger partial charge in [0.15, 0.2) is 0 Å². The largest absolute Gasteiger partial charge is 0.477 e.